The van der Waals surface area contributed by atoms with Crippen LogP contribution in [0.5, 0.6) is 0 Å². The van der Waals surface area contributed by atoms with Crippen molar-refractivity contribution in [2.45, 2.75) is 12.3 Å². The van der Waals surface area contributed by atoms with Crippen molar-refractivity contribution in [1.82, 2.24) is 29.2 Å². The van der Waals surface area contributed by atoms with Crippen molar-refractivity contribution < 1.29 is 12.9 Å². The quantitative estimate of drug-likeness (QED) is 0.470. The van der Waals surface area contributed by atoms with Crippen LogP contribution in [-0.4, -0.2) is 71.5 Å². The fourth-order valence-corrected chi connectivity index (χ4v) is 5.04. The van der Waals surface area contributed by atoms with Crippen molar-refractivity contribution in [3.05, 3.63) is 48.1 Å². The summed E-state index contributed by atoms with van der Waals surface area (Å²) in [5, 5.41) is 7.05. The average molecular weight is 432 g/mol. The SMILES string of the molecule is CN=C(NCc1nc2ccccc2n1C)N1CCN(S(=O)(=O)Cc2ccon2)CC1. The lowest BCUT2D eigenvalue weighted by molar-refractivity contribution is 0.259. The normalized spacial score (nSPS) is 16.3. The summed E-state index contributed by atoms with van der Waals surface area (Å²) in [4.78, 5) is 11.1. The molecule has 0 atom stereocenters. The number of sulfonamides is 1. The Kier molecular flexibility index (Phi) is 5.73. The first-order chi connectivity index (χ1) is 14.5. The minimum absolute atomic E-state index is 0.150. The molecule has 0 spiro atoms. The first kappa shape index (κ1) is 20.4. The number of nitrogens with zero attached hydrogens (tertiary/aromatic N) is 6. The van der Waals surface area contributed by atoms with Gasteiger partial charge in [0.05, 0.1) is 23.3 Å². The molecule has 1 saturated heterocycles. The van der Waals surface area contributed by atoms with E-state index in [1.54, 1.807) is 13.1 Å². The molecule has 1 aliphatic heterocycles. The maximum Gasteiger partial charge on any atom is 0.220 e. The van der Waals surface area contributed by atoms with E-state index in [1.807, 2.05) is 31.3 Å². The number of rotatable bonds is 5. The van der Waals surface area contributed by atoms with Crippen LogP contribution in [0.1, 0.15) is 11.5 Å². The van der Waals surface area contributed by atoms with Gasteiger partial charge < -0.3 is 19.3 Å². The zero-order valence-electron chi connectivity index (χ0n) is 17.0. The molecule has 3 aromatic rings. The van der Waals surface area contributed by atoms with Gasteiger partial charge in [-0.2, -0.15) is 4.31 Å². The lowest BCUT2D eigenvalue weighted by Gasteiger charge is -2.35. The van der Waals surface area contributed by atoms with E-state index in [2.05, 4.69) is 29.9 Å². The van der Waals surface area contributed by atoms with Crippen LogP contribution in [0.3, 0.4) is 0 Å². The average Bonchev–Trinajstić information content (AvgIpc) is 3.37. The van der Waals surface area contributed by atoms with Crippen LogP contribution in [0, 0.1) is 0 Å². The number of aliphatic imine (C=N–C) groups is 1. The summed E-state index contributed by atoms with van der Waals surface area (Å²) in [5.74, 6) is 1.49. The molecule has 0 bridgehead atoms. The topological polar surface area (TPSA) is 109 Å². The van der Waals surface area contributed by atoms with Crippen molar-refractivity contribution in [2.24, 2.45) is 12.0 Å². The van der Waals surface area contributed by atoms with E-state index in [0.717, 1.165) is 22.8 Å². The van der Waals surface area contributed by atoms with Gasteiger partial charge in [0.15, 0.2) is 5.96 Å². The minimum atomic E-state index is -3.43. The Bertz CT molecular complexity index is 1130. The first-order valence-corrected chi connectivity index (χ1v) is 11.3. The third-order valence-corrected chi connectivity index (χ3v) is 7.06. The Hall–Kier alpha value is -2.92. The Morgan fingerprint density at radius 3 is 2.63 bits per heavy atom. The number of guanidine groups is 1. The van der Waals surface area contributed by atoms with Crippen LogP contribution >= 0.6 is 0 Å². The van der Waals surface area contributed by atoms with Gasteiger partial charge in [0, 0.05) is 46.3 Å². The largest absolute Gasteiger partial charge is 0.364 e. The molecule has 1 aliphatic rings. The van der Waals surface area contributed by atoms with Crippen LogP contribution in [0.4, 0.5) is 0 Å². The fourth-order valence-electron chi connectivity index (χ4n) is 3.61. The van der Waals surface area contributed by atoms with E-state index in [9.17, 15) is 8.42 Å². The number of aryl methyl sites for hydroxylation is 1. The zero-order valence-corrected chi connectivity index (χ0v) is 17.8. The van der Waals surface area contributed by atoms with E-state index >= 15 is 0 Å². The maximum absolute atomic E-state index is 12.6. The van der Waals surface area contributed by atoms with Crippen molar-refractivity contribution >= 4 is 27.0 Å². The molecule has 0 aliphatic carbocycles. The third kappa shape index (κ3) is 4.17. The van der Waals surface area contributed by atoms with E-state index < -0.39 is 10.0 Å². The minimum Gasteiger partial charge on any atom is -0.364 e. The zero-order chi connectivity index (χ0) is 21.1. The van der Waals surface area contributed by atoms with Gasteiger partial charge >= 0.3 is 0 Å². The van der Waals surface area contributed by atoms with Crippen LogP contribution in [-0.2, 0) is 29.4 Å². The first-order valence-electron chi connectivity index (χ1n) is 9.71. The molecule has 3 heterocycles. The summed E-state index contributed by atoms with van der Waals surface area (Å²) < 4.78 is 33.5. The predicted molar refractivity (Wildman–Crippen MR) is 113 cm³/mol. The van der Waals surface area contributed by atoms with Gasteiger partial charge in [0.2, 0.25) is 10.0 Å². The number of fused-ring (bicyclic) bond motifs is 1. The summed E-state index contributed by atoms with van der Waals surface area (Å²) in [7, 11) is 0.293. The van der Waals surface area contributed by atoms with Crippen LogP contribution in [0.15, 0.2) is 46.1 Å². The van der Waals surface area contributed by atoms with Gasteiger partial charge in [-0.05, 0) is 12.1 Å². The second-order valence-corrected chi connectivity index (χ2v) is 9.08. The monoisotopic (exact) mass is 431 g/mol. The molecular weight excluding hydrogens is 406 g/mol. The lowest BCUT2D eigenvalue weighted by atomic mass is 10.3. The number of piperazine rings is 1. The molecule has 0 radical (unpaired) electrons. The van der Waals surface area contributed by atoms with E-state index in [4.69, 9.17) is 4.52 Å². The number of hydrogen-bond acceptors (Lipinski definition) is 6. The van der Waals surface area contributed by atoms with E-state index in [-0.39, 0.29) is 5.75 Å². The van der Waals surface area contributed by atoms with E-state index in [0.29, 0.717) is 38.4 Å². The highest BCUT2D eigenvalue weighted by Crippen LogP contribution is 2.15. The van der Waals surface area contributed by atoms with Gasteiger partial charge in [0.1, 0.15) is 17.8 Å². The Morgan fingerprint density at radius 2 is 1.97 bits per heavy atom. The summed E-state index contributed by atoms with van der Waals surface area (Å²) in [6, 6.07) is 9.57. The third-order valence-electron chi connectivity index (χ3n) is 5.25. The van der Waals surface area contributed by atoms with Gasteiger partial charge in [-0.1, -0.05) is 17.3 Å². The highest BCUT2D eigenvalue weighted by molar-refractivity contribution is 7.88. The summed E-state index contributed by atoms with van der Waals surface area (Å²) in [6.07, 6.45) is 1.38. The number of para-hydroxylation sites is 2. The lowest BCUT2D eigenvalue weighted by Crippen LogP contribution is -2.53. The van der Waals surface area contributed by atoms with Crippen LogP contribution in [0.2, 0.25) is 0 Å². The van der Waals surface area contributed by atoms with Gasteiger partial charge in [-0.15, -0.1) is 0 Å². The molecule has 10 nitrogen and oxygen atoms in total. The molecule has 1 fully saturated rings. The highest BCUT2D eigenvalue weighted by Gasteiger charge is 2.29. The smallest absolute Gasteiger partial charge is 0.220 e. The maximum atomic E-state index is 12.6. The standard InChI is InChI=1S/C19H25N7O3S/c1-20-19(21-13-18-22-16-5-3-4-6-17(16)24(18)2)25-8-10-26(11-9-25)30(27,28)14-15-7-12-29-23-15/h3-7,12H,8-11,13-14H2,1-2H3,(H,20,21). The van der Waals surface area contributed by atoms with Crippen LogP contribution in [0.25, 0.3) is 11.0 Å². The van der Waals surface area contributed by atoms with Crippen molar-refractivity contribution in [1.29, 1.82) is 0 Å². The summed E-state index contributed by atoms with van der Waals surface area (Å²) >= 11 is 0. The molecule has 0 amide bonds. The molecule has 1 aromatic carbocycles. The molecule has 1 N–H and O–H groups in total. The van der Waals surface area contributed by atoms with Crippen LogP contribution < -0.4 is 5.32 Å². The predicted octanol–water partition coefficient (Wildman–Crippen LogP) is 0.784. The highest BCUT2D eigenvalue weighted by atomic mass is 32.2. The molecule has 30 heavy (non-hydrogen) atoms. The molecular formula is C19H25N7O3S. The molecule has 0 unspecified atom stereocenters. The van der Waals surface area contributed by atoms with Gasteiger partial charge in [-0.3, -0.25) is 4.99 Å². The number of nitrogens with one attached hydrogen (secondary N) is 1. The summed E-state index contributed by atoms with van der Waals surface area (Å²) in [6.45, 7) is 2.43. The van der Waals surface area contributed by atoms with Gasteiger partial charge in [-0.25, -0.2) is 13.4 Å². The molecule has 0 saturated carbocycles. The second kappa shape index (κ2) is 8.44. The Balaban J connectivity index is 1.35. The van der Waals surface area contributed by atoms with Gasteiger partial charge in [0.25, 0.3) is 0 Å². The Labute approximate surface area is 175 Å². The summed E-state index contributed by atoms with van der Waals surface area (Å²) in [5.41, 5.74) is 2.45. The molecule has 11 heteroatoms. The van der Waals surface area contributed by atoms with E-state index in [1.165, 1.54) is 10.6 Å². The number of hydrogen-bond donors (Lipinski definition) is 1. The second-order valence-electron chi connectivity index (χ2n) is 7.11. The number of aromatic nitrogens is 3. The molecule has 160 valence electrons. The molecule has 4 rings (SSSR count). The Morgan fingerprint density at radius 1 is 1.20 bits per heavy atom. The number of imidazole rings is 1. The fraction of sp³-hybridized carbons (Fsp3) is 0.421. The van der Waals surface area contributed by atoms with Crippen molar-refractivity contribution in [2.75, 3.05) is 33.2 Å². The van der Waals surface area contributed by atoms with Crippen molar-refractivity contribution in [3.63, 3.8) is 0 Å². The van der Waals surface area contributed by atoms with Crippen molar-refractivity contribution in [3.8, 4) is 0 Å². The molecule has 2 aromatic heterocycles. The number of benzene rings is 1.